The van der Waals surface area contributed by atoms with Crippen molar-refractivity contribution >= 4 is 18.3 Å². The molecule has 0 spiro atoms. The van der Waals surface area contributed by atoms with E-state index in [1.54, 1.807) is 0 Å². The van der Waals surface area contributed by atoms with Gasteiger partial charge in [0.05, 0.1) is 6.54 Å². The molecule has 0 aliphatic carbocycles. The van der Waals surface area contributed by atoms with Crippen molar-refractivity contribution in [3.63, 3.8) is 0 Å². The van der Waals surface area contributed by atoms with Crippen LogP contribution in [-0.4, -0.2) is 62.0 Å². The Labute approximate surface area is 129 Å². The average molecular weight is 304 g/mol. The highest BCUT2D eigenvalue weighted by Gasteiger charge is 2.22. The number of likely N-dealkylation sites (N-methyl/N-ethyl adjacent to an activating group) is 1. The lowest BCUT2D eigenvalue weighted by atomic mass is 9.92. The zero-order chi connectivity index (χ0) is 13.5. The van der Waals surface area contributed by atoms with Gasteiger partial charge in [-0.25, -0.2) is 0 Å². The van der Waals surface area contributed by atoms with Crippen molar-refractivity contribution in [3.8, 4) is 0 Å². The van der Waals surface area contributed by atoms with E-state index in [1.165, 1.54) is 58.2 Å². The maximum Gasteiger partial charge on any atom is 0.236 e. The first-order chi connectivity index (χ1) is 9.29. The molecule has 1 N–H and O–H groups in total. The van der Waals surface area contributed by atoms with E-state index < -0.39 is 0 Å². The Balaban J connectivity index is 0.00000200. The highest BCUT2D eigenvalue weighted by Crippen LogP contribution is 2.22. The molecule has 20 heavy (non-hydrogen) atoms. The molecular weight excluding hydrogens is 274 g/mol. The van der Waals surface area contributed by atoms with E-state index in [0.29, 0.717) is 6.54 Å². The van der Waals surface area contributed by atoms with Gasteiger partial charge in [-0.15, -0.1) is 12.4 Å². The predicted octanol–water partition coefficient (Wildman–Crippen LogP) is 1.74. The Bertz CT molecular complexity index is 274. The third-order valence-corrected chi connectivity index (χ3v) is 4.58. The summed E-state index contributed by atoms with van der Waals surface area (Å²) in [4.78, 5) is 16.4. The third kappa shape index (κ3) is 5.58. The number of hydrogen-bond donors (Lipinski definition) is 1. The van der Waals surface area contributed by atoms with Gasteiger partial charge in [0.25, 0.3) is 0 Å². The summed E-state index contributed by atoms with van der Waals surface area (Å²) >= 11 is 0. The molecule has 1 amide bonds. The van der Waals surface area contributed by atoms with Gasteiger partial charge in [-0.2, -0.15) is 0 Å². The first-order valence-electron chi connectivity index (χ1n) is 7.94. The third-order valence-electron chi connectivity index (χ3n) is 4.58. The van der Waals surface area contributed by atoms with Gasteiger partial charge in [0.15, 0.2) is 0 Å². The van der Waals surface area contributed by atoms with E-state index in [4.69, 9.17) is 0 Å². The molecule has 0 saturated carbocycles. The lowest BCUT2D eigenvalue weighted by molar-refractivity contribution is -0.131. The number of nitrogens with zero attached hydrogens (tertiary/aromatic N) is 2. The van der Waals surface area contributed by atoms with E-state index in [9.17, 15) is 4.79 Å². The molecular formula is C15H30ClN3O. The molecule has 2 saturated heterocycles. The van der Waals surface area contributed by atoms with Gasteiger partial charge in [-0.1, -0.05) is 0 Å². The van der Waals surface area contributed by atoms with Gasteiger partial charge in [0.1, 0.15) is 0 Å². The SMILES string of the molecule is CNCC(=O)N1CCC(CCCN2CCCC2)CC1.Cl. The van der Waals surface area contributed by atoms with Crippen LogP contribution in [0.5, 0.6) is 0 Å². The largest absolute Gasteiger partial charge is 0.342 e. The van der Waals surface area contributed by atoms with Crippen LogP contribution in [0, 0.1) is 5.92 Å². The summed E-state index contributed by atoms with van der Waals surface area (Å²) in [7, 11) is 1.84. The van der Waals surface area contributed by atoms with Crippen LogP contribution in [-0.2, 0) is 4.79 Å². The van der Waals surface area contributed by atoms with Crippen LogP contribution in [0.2, 0.25) is 0 Å². The quantitative estimate of drug-likeness (QED) is 0.812. The molecule has 0 atom stereocenters. The van der Waals surface area contributed by atoms with Crippen LogP contribution in [0.4, 0.5) is 0 Å². The number of piperidine rings is 1. The molecule has 2 aliphatic heterocycles. The normalized spacial score (nSPS) is 20.9. The minimum Gasteiger partial charge on any atom is -0.342 e. The standard InChI is InChI=1S/C15H29N3O.ClH/c1-16-13-15(19)18-11-6-14(7-12-18)5-4-10-17-8-2-3-9-17;/h14,16H,2-13H2,1H3;1H. The van der Waals surface area contributed by atoms with E-state index in [1.807, 2.05) is 11.9 Å². The van der Waals surface area contributed by atoms with Crippen molar-refractivity contribution in [2.24, 2.45) is 5.92 Å². The summed E-state index contributed by atoms with van der Waals surface area (Å²) < 4.78 is 0. The predicted molar refractivity (Wildman–Crippen MR) is 85.4 cm³/mol. The number of likely N-dealkylation sites (tertiary alicyclic amines) is 2. The van der Waals surface area contributed by atoms with Crippen molar-refractivity contribution in [2.45, 2.75) is 38.5 Å². The van der Waals surface area contributed by atoms with Gasteiger partial charge in [-0.3, -0.25) is 4.79 Å². The lowest BCUT2D eigenvalue weighted by Gasteiger charge is -2.32. The van der Waals surface area contributed by atoms with Crippen molar-refractivity contribution in [3.05, 3.63) is 0 Å². The number of amides is 1. The van der Waals surface area contributed by atoms with Gasteiger partial charge in [0, 0.05) is 13.1 Å². The Morgan fingerprint density at radius 2 is 1.80 bits per heavy atom. The number of rotatable bonds is 6. The summed E-state index contributed by atoms with van der Waals surface area (Å²) in [6.07, 6.45) is 7.89. The second kappa shape index (κ2) is 9.59. The molecule has 0 unspecified atom stereocenters. The number of carbonyl (C=O) groups excluding carboxylic acids is 1. The van der Waals surface area contributed by atoms with E-state index in [-0.39, 0.29) is 18.3 Å². The molecule has 2 heterocycles. The van der Waals surface area contributed by atoms with Crippen molar-refractivity contribution in [1.82, 2.24) is 15.1 Å². The Hall–Kier alpha value is -0.320. The molecule has 2 rings (SSSR count). The van der Waals surface area contributed by atoms with Crippen LogP contribution in [0.15, 0.2) is 0 Å². The first-order valence-corrected chi connectivity index (χ1v) is 7.94. The van der Waals surface area contributed by atoms with Crippen LogP contribution in [0.3, 0.4) is 0 Å². The maximum absolute atomic E-state index is 11.7. The molecule has 2 aliphatic rings. The smallest absolute Gasteiger partial charge is 0.236 e. The summed E-state index contributed by atoms with van der Waals surface area (Å²) in [5.74, 6) is 1.11. The summed E-state index contributed by atoms with van der Waals surface area (Å²) in [5, 5.41) is 2.94. The van der Waals surface area contributed by atoms with Crippen molar-refractivity contribution < 1.29 is 4.79 Å². The van der Waals surface area contributed by atoms with Crippen LogP contribution in [0.1, 0.15) is 38.5 Å². The second-order valence-corrected chi connectivity index (χ2v) is 6.05. The van der Waals surface area contributed by atoms with Gasteiger partial charge in [0.2, 0.25) is 5.91 Å². The van der Waals surface area contributed by atoms with E-state index in [0.717, 1.165) is 19.0 Å². The van der Waals surface area contributed by atoms with Gasteiger partial charge < -0.3 is 15.1 Å². The zero-order valence-electron chi connectivity index (χ0n) is 12.8. The van der Waals surface area contributed by atoms with Crippen molar-refractivity contribution in [1.29, 1.82) is 0 Å². The number of carbonyl (C=O) groups is 1. The molecule has 5 heteroatoms. The van der Waals surface area contributed by atoms with Crippen LogP contribution in [0.25, 0.3) is 0 Å². The summed E-state index contributed by atoms with van der Waals surface area (Å²) in [6, 6.07) is 0. The first kappa shape index (κ1) is 17.7. The number of halogens is 1. The molecule has 0 aromatic carbocycles. The Kier molecular flexibility index (Phi) is 8.50. The Morgan fingerprint density at radius 3 is 2.40 bits per heavy atom. The summed E-state index contributed by atoms with van der Waals surface area (Å²) in [5.41, 5.74) is 0. The second-order valence-electron chi connectivity index (χ2n) is 6.05. The minimum atomic E-state index is 0. The van der Waals surface area contributed by atoms with Gasteiger partial charge in [-0.05, 0) is 71.1 Å². The Morgan fingerprint density at radius 1 is 1.15 bits per heavy atom. The molecule has 4 nitrogen and oxygen atoms in total. The number of nitrogens with one attached hydrogen (secondary N) is 1. The molecule has 0 radical (unpaired) electrons. The highest BCUT2D eigenvalue weighted by atomic mass is 35.5. The van der Waals surface area contributed by atoms with E-state index >= 15 is 0 Å². The fraction of sp³-hybridized carbons (Fsp3) is 0.933. The van der Waals surface area contributed by atoms with Gasteiger partial charge >= 0.3 is 0 Å². The molecule has 0 bridgehead atoms. The molecule has 118 valence electrons. The molecule has 0 aromatic heterocycles. The fourth-order valence-corrected chi connectivity index (χ4v) is 3.34. The highest BCUT2D eigenvalue weighted by molar-refractivity contribution is 5.85. The summed E-state index contributed by atoms with van der Waals surface area (Å²) in [6.45, 7) is 6.34. The zero-order valence-corrected chi connectivity index (χ0v) is 13.6. The molecule has 0 aromatic rings. The average Bonchev–Trinajstić information content (AvgIpc) is 2.93. The maximum atomic E-state index is 11.7. The lowest BCUT2D eigenvalue weighted by Crippen LogP contribution is -2.42. The van der Waals surface area contributed by atoms with E-state index in [2.05, 4.69) is 10.2 Å². The van der Waals surface area contributed by atoms with Crippen LogP contribution < -0.4 is 5.32 Å². The van der Waals surface area contributed by atoms with Crippen molar-refractivity contribution in [2.75, 3.05) is 46.3 Å². The van der Waals surface area contributed by atoms with Crippen LogP contribution >= 0.6 is 12.4 Å². The fourth-order valence-electron chi connectivity index (χ4n) is 3.34. The molecule has 2 fully saturated rings. The monoisotopic (exact) mass is 303 g/mol. The minimum absolute atomic E-state index is 0. The topological polar surface area (TPSA) is 35.6 Å². The number of hydrogen-bond acceptors (Lipinski definition) is 3.